The second-order valence-electron chi connectivity index (χ2n) is 7.38. The maximum Gasteiger partial charge on any atom is 0.350 e. The van der Waals surface area contributed by atoms with E-state index in [1.807, 2.05) is 0 Å². The summed E-state index contributed by atoms with van der Waals surface area (Å²) in [7, 11) is 3.37. The molecule has 4 N–H and O–H groups in total. The number of carboxylic acid groups (broad SMARTS) is 2. The van der Waals surface area contributed by atoms with E-state index in [1.165, 1.54) is 23.6 Å². The van der Waals surface area contributed by atoms with Crippen molar-refractivity contribution in [3.05, 3.63) is 0 Å². The second kappa shape index (κ2) is 8.57. The number of amides is 1. The summed E-state index contributed by atoms with van der Waals surface area (Å²) in [5.74, 6) is -3.92. The lowest BCUT2D eigenvalue weighted by molar-refractivity contribution is -0.146. The standard InChI is InChI=1S/C17H27N3O6S/c1-7-12(11(8(2)21)16(23)24)19-13(17(25)26)14(7)27-9-5-10(18-6-9)15(22)20(3)4/h7-12,14,18,21H,5-6H2,1-4H3,(H,23,24)(H,25,26). The average Bonchev–Trinajstić information content (AvgIpc) is 3.13. The molecule has 2 aliphatic rings. The monoisotopic (exact) mass is 401 g/mol. The van der Waals surface area contributed by atoms with Crippen molar-refractivity contribution in [2.75, 3.05) is 20.6 Å². The third-order valence-electron chi connectivity index (χ3n) is 5.13. The number of thioether (sulfide) groups is 1. The van der Waals surface area contributed by atoms with Crippen LogP contribution in [0.5, 0.6) is 0 Å². The van der Waals surface area contributed by atoms with Crippen LogP contribution in [0.25, 0.3) is 0 Å². The number of aliphatic hydroxyl groups excluding tert-OH is 1. The van der Waals surface area contributed by atoms with Crippen molar-refractivity contribution in [3.63, 3.8) is 0 Å². The summed E-state index contributed by atoms with van der Waals surface area (Å²) in [5.41, 5.74) is -0.0632. The molecule has 0 aromatic carbocycles. The van der Waals surface area contributed by atoms with Crippen molar-refractivity contribution in [1.82, 2.24) is 10.2 Å². The molecule has 1 fully saturated rings. The normalized spacial score (nSPS) is 32.6. The highest BCUT2D eigenvalue weighted by molar-refractivity contribution is 8.01. The number of aliphatic carboxylic acids is 2. The highest BCUT2D eigenvalue weighted by Crippen LogP contribution is 2.39. The van der Waals surface area contributed by atoms with Crippen molar-refractivity contribution >= 4 is 35.3 Å². The van der Waals surface area contributed by atoms with Crippen LogP contribution in [0.4, 0.5) is 0 Å². The first-order valence-corrected chi connectivity index (χ1v) is 9.80. The van der Waals surface area contributed by atoms with E-state index in [0.29, 0.717) is 13.0 Å². The molecule has 1 amide bonds. The van der Waals surface area contributed by atoms with Crippen LogP contribution in [-0.4, -0.2) is 93.1 Å². The van der Waals surface area contributed by atoms with E-state index in [0.717, 1.165) is 0 Å². The number of carbonyl (C=O) groups is 3. The summed E-state index contributed by atoms with van der Waals surface area (Å²) in [5, 5.41) is 31.5. The van der Waals surface area contributed by atoms with Gasteiger partial charge in [0.1, 0.15) is 11.6 Å². The first kappa shape index (κ1) is 21.6. The van der Waals surface area contributed by atoms with Gasteiger partial charge in [0.2, 0.25) is 5.91 Å². The third-order valence-corrected chi connectivity index (χ3v) is 6.82. The molecule has 0 spiro atoms. The van der Waals surface area contributed by atoms with E-state index in [-0.39, 0.29) is 28.8 Å². The molecule has 2 heterocycles. The molecule has 10 heteroatoms. The summed E-state index contributed by atoms with van der Waals surface area (Å²) >= 11 is 1.42. The van der Waals surface area contributed by atoms with Crippen LogP contribution >= 0.6 is 11.8 Å². The Hall–Kier alpha value is -1.65. The van der Waals surface area contributed by atoms with Crippen molar-refractivity contribution in [1.29, 1.82) is 0 Å². The summed E-state index contributed by atoms with van der Waals surface area (Å²) < 4.78 is 0. The average molecular weight is 401 g/mol. The fraction of sp³-hybridized carbons (Fsp3) is 0.765. The molecule has 9 nitrogen and oxygen atoms in total. The number of likely N-dealkylation sites (N-methyl/N-ethyl adjacent to an activating group) is 1. The number of carbonyl (C=O) groups excluding carboxylic acids is 1. The molecule has 0 bridgehead atoms. The van der Waals surface area contributed by atoms with E-state index < -0.39 is 35.3 Å². The van der Waals surface area contributed by atoms with E-state index in [2.05, 4.69) is 10.3 Å². The van der Waals surface area contributed by atoms with Crippen LogP contribution in [0.15, 0.2) is 4.99 Å². The Kier molecular flexibility index (Phi) is 6.87. The third kappa shape index (κ3) is 4.61. The minimum atomic E-state index is -1.19. The van der Waals surface area contributed by atoms with Gasteiger partial charge in [0.05, 0.1) is 23.4 Å². The first-order valence-electron chi connectivity index (χ1n) is 8.86. The van der Waals surface area contributed by atoms with Crippen LogP contribution in [0, 0.1) is 11.8 Å². The molecule has 7 unspecified atom stereocenters. The lowest BCUT2D eigenvalue weighted by Crippen LogP contribution is -2.40. The topological polar surface area (TPSA) is 140 Å². The van der Waals surface area contributed by atoms with Gasteiger partial charge in [-0.1, -0.05) is 6.92 Å². The molecule has 0 aromatic rings. The van der Waals surface area contributed by atoms with Gasteiger partial charge in [-0.15, -0.1) is 11.8 Å². The lowest BCUT2D eigenvalue weighted by Gasteiger charge is -2.27. The number of rotatable bonds is 7. The molecule has 7 atom stereocenters. The molecule has 2 rings (SSSR count). The minimum Gasteiger partial charge on any atom is -0.481 e. The van der Waals surface area contributed by atoms with E-state index in [4.69, 9.17) is 0 Å². The van der Waals surface area contributed by atoms with Crippen molar-refractivity contribution in [2.24, 2.45) is 16.8 Å². The molecule has 1 saturated heterocycles. The van der Waals surface area contributed by atoms with E-state index in [9.17, 15) is 29.7 Å². The smallest absolute Gasteiger partial charge is 0.350 e. The van der Waals surface area contributed by atoms with Crippen LogP contribution in [-0.2, 0) is 14.4 Å². The fourth-order valence-electron chi connectivity index (χ4n) is 3.70. The van der Waals surface area contributed by atoms with Gasteiger partial charge in [-0.05, 0) is 19.3 Å². The summed E-state index contributed by atoms with van der Waals surface area (Å²) in [6.45, 7) is 3.71. The number of aliphatic imine (C=N–C) groups is 1. The fourth-order valence-corrected chi connectivity index (χ4v) is 5.31. The van der Waals surface area contributed by atoms with Gasteiger partial charge >= 0.3 is 11.9 Å². The summed E-state index contributed by atoms with van der Waals surface area (Å²) in [4.78, 5) is 41.0. The predicted molar refractivity (Wildman–Crippen MR) is 101 cm³/mol. The molecule has 0 radical (unpaired) electrons. The van der Waals surface area contributed by atoms with Crippen LogP contribution in [0.2, 0.25) is 0 Å². The number of aliphatic hydroxyl groups is 1. The Morgan fingerprint density at radius 1 is 1.30 bits per heavy atom. The van der Waals surface area contributed by atoms with Gasteiger partial charge in [0.15, 0.2) is 0 Å². The lowest BCUT2D eigenvalue weighted by atomic mass is 9.86. The van der Waals surface area contributed by atoms with Crippen LogP contribution in [0.3, 0.4) is 0 Å². The van der Waals surface area contributed by atoms with Crippen LogP contribution in [0.1, 0.15) is 20.3 Å². The summed E-state index contributed by atoms with van der Waals surface area (Å²) in [6.07, 6.45) is -0.575. The SMILES string of the molecule is CC(O)C(C(=O)O)C1N=C(C(=O)O)C(SC2CNC(C(=O)N(C)C)C2)C1C. The van der Waals surface area contributed by atoms with Gasteiger partial charge in [0, 0.05) is 25.9 Å². The maximum atomic E-state index is 12.1. The van der Waals surface area contributed by atoms with E-state index in [1.54, 1.807) is 21.0 Å². The molecular weight excluding hydrogens is 374 g/mol. The minimum absolute atomic E-state index is 0.0180. The quantitative estimate of drug-likeness (QED) is 0.449. The number of nitrogens with zero attached hydrogens (tertiary/aromatic N) is 2. The number of hydrogen-bond acceptors (Lipinski definition) is 7. The predicted octanol–water partition coefficient (Wildman–Crippen LogP) is -0.468. The van der Waals surface area contributed by atoms with Gasteiger partial charge in [-0.2, -0.15) is 0 Å². The van der Waals surface area contributed by atoms with E-state index >= 15 is 0 Å². The molecule has 27 heavy (non-hydrogen) atoms. The Morgan fingerprint density at radius 3 is 2.41 bits per heavy atom. The molecule has 2 aliphatic heterocycles. The number of hydrogen-bond donors (Lipinski definition) is 4. The Morgan fingerprint density at radius 2 is 1.93 bits per heavy atom. The highest BCUT2D eigenvalue weighted by atomic mass is 32.2. The van der Waals surface area contributed by atoms with Crippen molar-refractivity contribution in [2.45, 2.75) is 49.0 Å². The zero-order valence-electron chi connectivity index (χ0n) is 15.8. The Bertz CT molecular complexity index is 638. The van der Waals surface area contributed by atoms with Crippen molar-refractivity contribution in [3.8, 4) is 0 Å². The van der Waals surface area contributed by atoms with Crippen LogP contribution < -0.4 is 5.32 Å². The van der Waals surface area contributed by atoms with Gasteiger partial charge < -0.3 is 25.5 Å². The number of carboxylic acids is 2. The first-order chi connectivity index (χ1) is 12.5. The van der Waals surface area contributed by atoms with Gasteiger partial charge in [-0.3, -0.25) is 14.6 Å². The zero-order valence-corrected chi connectivity index (χ0v) is 16.6. The largest absolute Gasteiger partial charge is 0.481 e. The molecule has 0 aliphatic carbocycles. The number of nitrogens with one attached hydrogen (secondary N) is 1. The molecular formula is C17H27N3O6S. The Labute approximate surface area is 162 Å². The molecule has 152 valence electrons. The summed E-state index contributed by atoms with van der Waals surface area (Å²) in [6, 6.07) is -1.11. The molecule has 0 aromatic heterocycles. The van der Waals surface area contributed by atoms with Gasteiger partial charge in [-0.25, -0.2) is 4.79 Å². The maximum absolute atomic E-state index is 12.1. The van der Waals surface area contributed by atoms with Crippen molar-refractivity contribution < 1.29 is 29.7 Å². The highest BCUT2D eigenvalue weighted by Gasteiger charge is 2.48. The second-order valence-corrected chi connectivity index (χ2v) is 8.83. The Balaban J connectivity index is 2.15. The molecule has 0 saturated carbocycles. The zero-order chi connectivity index (χ0) is 20.5. The van der Waals surface area contributed by atoms with Gasteiger partial charge in [0.25, 0.3) is 0 Å².